The molecule has 11 heteroatoms. The Morgan fingerprint density at radius 2 is 1.79 bits per heavy atom. The largest absolute Gasteiger partial charge is 0.481 e. The van der Waals surface area contributed by atoms with E-state index in [1.54, 1.807) is 12.1 Å². The van der Waals surface area contributed by atoms with E-state index < -0.39 is 23.9 Å². The van der Waals surface area contributed by atoms with Crippen molar-refractivity contribution in [3.05, 3.63) is 47.2 Å². The number of benzene rings is 1. The van der Waals surface area contributed by atoms with Gasteiger partial charge in [0.25, 0.3) is 5.91 Å². The van der Waals surface area contributed by atoms with Gasteiger partial charge in [0.1, 0.15) is 17.5 Å². The van der Waals surface area contributed by atoms with E-state index in [1.165, 1.54) is 0 Å². The molecule has 0 saturated carbocycles. The third-order valence-electron chi connectivity index (χ3n) is 5.81. The third kappa shape index (κ3) is 5.80. The predicted octanol–water partition coefficient (Wildman–Crippen LogP) is 2.30. The van der Waals surface area contributed by atoms with E-state index in [2.05, 4.69) is 27.2 Å². The summed E-state index contributed by atoms with van der Waals surface area (Å²) in [5, 5.41) is 21.1. The van der Waals surface area contributed by atoms with Crippen LogP contribution in [-0.4, -0.2) is 49.1 Å². The molecule has 0 saturated heterocycles. The Morgan fingerprint density at radius 1 is 1.09 bits per heavy atom. The summed E-state index contributed by atoms with van der Waals surface area (Å²) in [6, 6.07) is 5.72. The number of nitrogens with zero attached hydrogens (tertiary/aromatic N) is 2. The standard InChI is InChI=1S/C23H28N6O5/c1-2-12(3-8-15-11-26-20-18(15)19(24)28-23(25)29-20)13-4-6-14(7-5-13)21(32)27-16(22(33)34)9-10-17(30)31/h4-7,11-12,16H,2-3,8-10H2,1H3,(H,27,32)(H,30,31)(H,33,34)(H5,24,25,26,28,29)/t12?,16-/m0/s1. The number of aryl methyl sites for hydroxylation is 1. The van der Waals surface area contributed by atoms with Crippen LogP contribution in [0.2, 0.25) is 0 Å². The second kappa shape index (κ2) is 10.6. The first-order valence-electron chi connectivity index (χ1n) is 10.9. The molecule has 0 aliphatic heterocycles. The first-order chi connectivity index (χ1) is 16.2. The van der Waals surface area contributed by atoms with Crippen LogP contribution in [-0.2, 0) is 16.0 Å². The SMILES string of the molecule is CCC(CCc1c[nH]c2nc(N)nc(N)c12)c1ccc(C(=O)N[C@@H](CCC(=O)O)C(=O)O)cc1. The molecule has 1 amide bonds. The number of aromatic amines is 1. The molecular formula is C23H28N6O5. The first-order valence-corrected chi connectivity index (χ1v) is 10.9. The van der Waals surface area contributed by atoms with E-state index in [4.69, 9.17) is 16.6 Å². The molecule has 3 aromatic rings. The van der Waals surface area contributed by atoms with Gasteiger partial charge < -0.3 is 32.0 Å². The van der Waals surface area contributed by atoms with Crippen LogP contribution in [0.3, 0.4) is 0 Å². The van der Waals surface area contributed by atoms with Crippen molar-refractivity contribution in [2.45, 2.75) is 51.0 Å². The van der Waals surface area contributed by atoms with Gasteiger partial charge in [0.2, 0.25) is 5.95 Å². The number of rotatable bonds is 11. The highest BCUT2D eigenvalue weighted by Crippen LogP contribution is 2.29. The number of fused-ring (bicyclic) bond motifs is 1. The number of nitrogen functional groups attached to an aromatic ring is 2. The summed E-state index contributed by atoms with van der Waals surface area (Å²) < 4.78 is 0. The minimum atomic E-state index is -1.27. The molecule has 180 valence electrons. The molecule has 2 aromatic heterocycles. The van der Waals surface area contributed by atoms with Crippen molar-refractivity contribution in [2.75, 3.05) is 11.5 Å². The van der Waals surface area contributed by atoms with Gasteiger partial charge in [-0.2, -0.15) is 9.97 Å². The van der Waals surface area contributed by atoms with E-state index in [0.717, 1.165) is 35.8 Å². The number of amides is 1. The molecule has 0 spiro atoms. The van der Waals surface area contributed by atoms with Gasteiger partial charge in [0.05, 0.1) is 5.39 Å². The first kappa shape index (κ1) is 24.5. The molecule has 2 heterocycles. The van der Waals surface area contributed by atoms with Gasteiger partial charge in [-0.15, -0.1) is 0 Å². The number of hydrogen-bond donors (Lipinski definition) is 6. The van der Waals surface area contributed by atoms with Crippen LogP contribution in [0.5, 0.6) is 0 Å². The zero-order chi connectivity index (χ0) is 24.8. The van der Waals surface area contributed by atoms with Crippen LogP contribution >= 0.6 is 0 Å². The number of carbonyl (C=O) groups is 3. The predicted molar refractivity (Wildman–Crippen MR) is 126 cm³/mol. The number of hydrogen-bond acceptors (Lipinski definition) is 7. The molecule has 1 unspecified atom stereocenters. The van der Waals surface area contributed by atoms with Gasteiger partial charge in [0.15, 0.2) is 0 Å². The molecule has 34 heavy (non-hydrogen) atoms. The number of anilines is 2. The lowest BCUT2D eigenvalue weighted by atomic mass is 9.89. The maximum atomic E-state index is 12.5. The number of nitrogens with two attached hydrogens (primary N) is 2. The van der Waals surface area contributed by atoms with Gasteiger partial charge in [-0.25, -0.2) is 4.79 Å². The van der Waals surface area contributed by atoms with E-state index in [9.17, 15) is 19.5 Å². The highest BCUT2D eigenvalue weighted by molar-refractivity contribution is 5.96. The van der Waals surface area contributed by atoms with Gasteiger partial charge in [-0.3, -0.25) is 9.59 Å². The lowest BCUT2D eigenvalue weighted by Crippen LogP contribution is -2.41. The second-order valence-electron chi connectivity index (χ2n) is 8.07. The van der Waals surface area contributed by atoms with Gasteiger partial charge in [-0.05, 0) is 54.9 Å². The number of aromatic nitrogens is 3. The molecule has 0 aliphatic carbocycles. The van der Waals surface area contributed by atoms with Crippen molar-refractivity contribution in [1.82, 2.24) is 20.3 Å². The number of carboxylic acids is 2. The molecule has 8 N–H and O–H groups in total. The quantitative estimate of drug-likeness (QED) is 0.244. The monoisotopic (exact) mass is 468 g/mol. The van der Waals surface area contributed by atoms with Crippen LogP contribution in [0, 0.1) is 0 Å². The molecule has 0 radical (unpaired) electrons. The highest BCUT2D eigenvalue weighted by Gasteiger charge is 2.22. The number of H-pyrrole nitrogens is 1. The molecule has 0 aliphatic rings. The number of carboxylic acid groups (broad SMARTS) is 2. The van der Waals surface area contributed by atoms with Gasteiger partial charge in [-0.1, -0.05) is 19.1 Å². The zero-order valence-corrected chi connectivity index (χ0v) is 18.7. The van der Waals surface area contributed by atoms with Crippen molar-refractivity contribution in [1.29, 1.82) is 0 Å². The molecule has 2 atom stereocenters. The van der Waals surface area contributed by atoms with E-state index in [0.29, 0.717) is 17.0 Å². The Hall–Kier alpha value is -4.15. The average molecular weight is 469 g/mol. The van der Waals surface area contributed by atoms with Crippen molar-refractivity contribution in [3.63, 3.8) is 0 Å². The Morgan fingerprint density at radius 3 is 2.41 bits per heavy atom. The molecule has 0 bridgehead atoms. The van der Waals surface area contributed by atoms with Crippen molar-refractivity contribution in [2.24, 2.45) is 0 Å². The lowest BCUT2D eigenvalue weighted by molar-refractivity contribution is -0.140. The van der Waals surface area contributed by atoms with Crippen LogP contribution in [0.1, 0.15) is 60.0 Å². The molecule has 3 rings (SSSR count). The smallest absolute Gasteiger partial charge is 0.326 e. The van der Waals surface area contributed by atoms with Gasteiger partial charge in [0, 0.05) is 18.2 Å². The molecule has 1 aromatic carbocycles. The fourth-order valence-electron chi connectivity index (χ4n) is 3.95. The minimum absolute atomic E-state index is 0.116. The molecule has 11 nitrogen and oxygen atoms in total. The summed E-state index contributed by atoms with van der Waals surface area (Å²) in [4.78, 5) is 45.8. The summed E-state index contributed by atoms with van der Waals surface area (Å²) in [6.07, 6.45) is 3.76. The van der Waals surface area contributed by atoms with Gasteiger partial charge >= 0.3 is 11.9 Å². The second-order valence-corrected chi connectivity index (χ2v) is 8.07. The van der Waals surface area contributed by atoms with Crippen LogP contribution in [0.4, 0.5) is 11.8 Å². The van der Waals surface area contributed by atoms with Crippen molar-refractivity contribution >= 4 is 40.6 Å². The Balaban J connectivity index is 1.66. The maximum Gasteiger partial charge on any atom is 0.326 e. The Labute approximate surface area is 195 Å². The number of carbonyl (C=O) groups excluding carboxylic acids is 1. The number of nitrogens with one attached hydrogen (secondary N) is 2. The number of aliphatic carboxylic acids is 2. The summed E-state index contributed by atoms with van der Waals surface area (Å²) in [5.74, 6) is -2.28. The average Bonchev–Trinajstić information content (AvgIpc) is 3.20. The Kier molecular flexibility index (Phi) is 7.67. The Bertz CT molecular complexity index is 1190. The molecular weight excluding hydrogens is 440 g/mol. The summed E-state index contributed by atoms with van der Waals surface area (Å²) >= 11 is 0. The van der Waals surface area contributed by atoms with E-state index in [-0.39, 0.29) is 24.7 Å². The van der Waals surface area contributed by atoms with E-state index >= 15 is 0 Å². The van der Waals surface area contributed by atoms with E-state index in [1.807, 2.05) is 18.3 Å². The summed E-state index contributed by atoms with van der Waals surface area (Å²) in [7, 11) is 0. The van der Waals surface area contributed by atoms with Crippen molar-refractivity contribution in [3.8, 4) is 0 Å². The normalized spacial score (nSPS) is 12.9. The summed E-state index contributed by atoms with van der Waals surface area (Å²) in [5.41, 5.74) is 14.6. The molecule has 0 fully saturated rings. The zero-order valence-electron chi connectivity index (χ0n) is 18.7. The fourth-order valence-corrected chi connectivity index (χ4v) is 3.95. The summed E-state index contributed by atoms with van der Waals surface area (Å²) in [6.45, 7) is 2.08. The van der Waals surface area contributed by atoms with Crippen molar-refractivity contribution < 1.29 is 24.6 Å². The highest BCUT2D eigenvalue weighted by atomic mass is 16.4. The topological polar surface area (TPSA) is 197 Å². The van der Waals surface area contributed by atoms with Crippen LogP contribution < -0.4 is 16.8 Å². The fraction of sp³-hybridized carbons (Fsp3) is 0.348. The van der Waals surface area contributed by atoms with Crippen LogP contribution in [0.25, 0.3) is 11.0 Å². The lowest BCUT2D eigenvalue weighted by Gasteiger charge is -2.17. The van der Waals surface area contributed by atoms with Crippen LogP contribution in [0.15, 0.2) is 30.5 Å². The minimum Gasteiger partial charge on any atom is -0.481 e. The third-order valence-corrected chi connectivity index (χ3v) is 5.81. The maximum absolute atomic E-state index is 12.5.